The molecule has 0 aromatic heterocycles. The van der Waals surface area contributed by atoms with Crippen molar-refractivity contribution < 1.29 is 13.2 Å². The lowest BCUT2D eigenvalue weighted by molar-refractivity contribution is -0.132. The lowest BCUT2D eigenvalue weighted by Crippen LogP contribution is -2.40. The van der Waals surface area contributed by atoms with Crippen LogP contribution in [0.3, 0.4) is 0 Å². The minimum absolute atomic E-state index is 0.123. The average molecular weight is 372 g/mol. The molecular weight excluding hydrogens is 346 g/mol. The summed E-state index contributed by atoms with van der Waals surface area (Å²) in [5, 5.41) is 0. The molecule has 2 aromatic carbocycles. The quantitative estimate of drug-likeness (QED) is 0.783. The molecule has 1 amide bonds. The van der Waals surface area contributed by atoms with Gasteiger partial charge in [0.25, 0.3) is 0 Å². The molecule has 0 atom stereocenters. The molecule has 2 aromatic rings. The Labute approximate surface area is 155 Å². The first-order valence-electron chi connectivity index (χ1n) is 9.14. The second-order valence-electron chi connectivity index (χ2n) is 6.90. The highest BCUT2D eigenvalue weighted by Crippen LogP contribution is 2.23. The van der Waals surface area contributed by atoms with Gasteiger partial charge in [-0.2, -0.15) is 0 Å². The van der Waals surface area contributed by atoms with E-state index < -0.39 is 9.84 Å². The lowest BCUT2D eigenvalue weighted by atomic mass is 9.98. The van der Waals surface area contributed by atoms with E-state index in [1.54, 1.807) is 24.3 Å². The van der Waals surface area contributed by atoms with Crippen molar-refractivity contribution in [2.24, 2.45) is 5.92 Å². The first kappa shape index (κ1) is 18.6. The van der Waals surface area contributed by atoms with Crippen molar-refractivity contribution in [1.29, 1.82) is 0 Å². The van der Waals surface area contributed by atoms with Gasteiger partial charge < -0.3 is 4.90 Å². The van der Waals surface area contributed by atoms with Gasteiger partial charge in [0.05, 0.1) is 10.6 Å². The van der Waals surface area contributed by atoms with E-state index in [1.807, 2.05) is 41.3 Å². The summed E-state index contributed by atoms with van der Waals surface area (Å²) in [6, 6.07) is 18.6. The van der Waals surface area contributed by atoms with E-state index in [-0.39, 0.29) is 17.6 Å². The van der Waals surface area contributed by atoms with Gasteiger partial charge in [-0.15, -0.1) is 0 Å². The number of aryl methyl sites for hydroxylation is 1. The van der Waals surface area contributed by atoms with Gasteiger partial charge in [0.1, 0.15) is 0 Å². The number of hydrogen-bond acceptors (Lipinski definition) is 3. The van der Waals surface area contributed by atoms with Crippen LogP contribution in [0.1, 0.15) is 24.8 Å². The summed E-state index contributed by atoms with van der Waals surface area (Å²) in [7, 11) is -3.25. The fourth-order valence-corrected chi connectivity index (χ4v) is 5.16. The van der Waals surface area contributed by atoms with Crippen molar-refractivity contribution in [2.45, 2.75) is 30.6 Å². The second kappa shape index (κ2) is 8.49. The molecule has 4 nitrogen and oxygen atoms in total. The highest BCUT2D eigenvalue weighted by Gasteiger charge is 2.27. The van der Waals surface area contributed by atoms with Gasteiger partial charge in [-0.25, -0.2) is 8.42 Å². The van der Waals surface area contributed by atoms with Crippen molar-refractivity contribution in [3.05, 3.63) is 66.2 Å². The van der Waals surface area contributed by atoms with Gasteiger partial charge in [0, 0.05) is 19.5 Å². The molecule has 0 unspecified atom stereocenters. The predicted molar refractivity (Wildman–Crippen MR) is 103 cm³/mol. The molecule has 0 radical (unpaired) electrons. The third-order valence-corrected chi connectivity index (χ3v) is 6.90. The smallest absolute Gasteiger partial charge is 0.222 e. The van der Waals surface area contributed by atoms with Gasteiger partial charge in [-0.3, -0.25) is 4.79 Å². The first-order chi connectivity index (χ1) is 12.5. The summed E-state index contributed by atoms with van der Waals surface area (Å²) in [5.41, 5.74) is 1.17. The van der Waals surface area contributed by atoms with Crippen LogP contribution in [0, 0.1) is 5.92 Å². The monoisotopic (exact) mass is 371 g/mol. The number of amides is 1. The summed E-state index contributed by atoms with van der Waals surface area (Å²) < 4.78 is 25.0. The van der Waals surface area contributed by atoms with Crippen molar-refractivity contribution in [3.8, 4) is 0 Å². The van der Waals surface area contributed by atoms with E-state index >= 15 is 0 Å². The van der Waals surface area contributed by atoms with Crippen molar-refractivity contribution in [3.63, 3.8) is 0 Å². The van der Waals surface area contributed by atoms with Crippen LogP contribution in [0.15, 0.2) is 65.6 Å². The summed E-state index contributed by atoms with van der Waals surface area (Å²) >= 11 is 0. The molecule has 0 bridgehead atoms. The molecule has 1 saturated heterocycles. The Morgan fingerprint density at radius 1 is 0.923 bits per heavy atom. The highest BCUT2D eigenvalue weighted by molar-refractivity contribution is 7.91. The van der Waals surface area contributed by atoms with E-state index in [4.69, 9.17) is 0 Å². The van der Waals surface area contributed by atoms with Crippen LogP contribution in [-0.2, 0) is 21.1 Å². The molecule has 0 aliphatic carbocycles. The Morgan fingerprint density at radius 2 is 1.50 bits per heavy atom. The molecule has 0 spiro atoms. The van der Waals surface area contributed by atoms with Crippen LogP contribution in [0.5, 0.6) is 0 Å². The summed E-state index contributed by atoms with van der Waals surface area (Å²) in [4.78, 5) is 14.7. The SMILES string of the molecule is O=C(CCc1ccccc1)N1CCC(CS(=O)(=O)c2ccccc2)CC1. The normalized spacial score (nSPS) is 15.8. The molecule has 1 fully saturated rings. The molecule has 138 valence electrons. The molecular formula is C21H25NO3S. The average Bonchev–Trinajstić information content (AvgIpc) is 2.68. The van der Waals surface area contributed by atoms with E-state index in [0.717, 1.165) is 19.3 Å². The summed E-state index contributed by atoms with van der Waals surface area (Å²) in [6.07, 6.45) is 2.77. The Bertz CT molecular complexity index is 811. The van der Waals surface area contributed by atoms with Crippen LogP contribution >= 0.6 is 0 Å². The first-order valence-corrected chi connectivity index (χ1v) is 10.8. The maximum Gasteiger partial charge on any atom is 0.222 e. The third kappa shape index (κ3) is 4.94. The largest absolute Gasteiger partial charge is 0.343 e. The van der Waals surface area contributed by atoms with E-state index in [0.29, 0.717) is 24.4 Å². The zero-order valence-electron chi connectivity index (χ0n) is 14.9. The fourth-order valence-electron chi connectivity index (χ4n) is 3.44. The lowest BCUT2D eigenvalue weighted by Gasteiger charge is -2.32. The maximum atomic E-state index is 12.5. The number of piperidine rings is 1. The van der Waals surface area contributed by atoms with Crippen LogP contribution in [0.25, 0.3) is 0 Å². The predicted octanol–water partition coefficient (Wildman–Crippen LogP) is 3.33. The topological polar surface area (TPSA) is 54.5 Å². The van der Waals surface area contributed by atoms with Gasteiger partial charge in [0.2, 0.25) is 5.91 Å². The number of carbonyl (C=O) groups excluding carboxylic acids is 1. The highest BCUT2D eigenvalue weighted by atomic mass is 32.2. The molecule has 1 heterocycles. The second-order valence-corrected chi connectivity index (χ2v) is 8.94. The number of sulfone groups is 1. The Kier molecular flexibility index (Phi) is 6.09. The third-order valence-electron chi connectivity index (χ3n) is 5.00. The standard InChI is InChI=1S/C21H25NO3S/c23-21(12-11-18-7-3-1-4-8-18)22-15-13-19(14-16-22)17-26(24,25)20-9-5-2-6-10-20/h1-10,19H,11-17H2. The van der Waals surface area contributed by atoms with Gasteiger partial charge in [-0.1, -0.05) is 48.5 Å². The minimum Gasteiger partial charge on any atom is -0.343 e. The molecule has 3 rings (SSSR count). The number of likely N-dealkylation sites (tertiary alicyclic amines) is 1. The van der Waals surface area contributed by atoms with Crippen molar-refractivity contribution >= 4 is 15.7 Å². The molecule has 0 saturated carbocycles. The molecule has 0 N–H and O–H groups in total. The van der Waals surface area contributed by atoms with Crippen LogP contribution in [-0.4, -0.2) is 38.1 Å². The molecule has 1 aliphatic heterocycles. The number of benzene rings is 2. The van der Waals surface area contributed by atoms with E-state index in [2.05, 4.69) is 0 Å². The van der Waals surface area contributed by atoms with Crippen molar-refractivity contribution in [2.75, 3.05) is 18.8 Å². The van der Waals surface area contributed by atoms with Gasteiger partial charge in [0.15, 0.2) is 9.84 Å². The van der Waals surface area contributed by atoms with Gasteiger partial charge >= 0.3 is 0 Å². The Balaban J connectivity index is 1.47. The van der Waals surface area contributed by atoms with Crippen LogP contribution < -0.4 is 0 Å². The Hall–Kier alpha value is -2.14. The summed E-state index contributed by atoms with van der Waals surface area (Å²) in [5.74, 6) is 0.458. The van der Waals surface area contributed by atoms with Crippen molar-refractivity contribution in [1.82, 2.24) is 4.90 Å². The zero-order chi connectivity index (χ0) is 18.4. The molecule has 5 heteroatoms. The number of hydrogen-bond donors (Lipinski definition) is 0. The summed E-state index contributed by atoms with van der Waals surface area (Å²) in [6.45, 7) is 1.31. The Morgan fingerprint density at radius 3 is 2.12 bits per heavy atom. The van der Waals surface area contributed by atoms with Crippen LogP contribution in [0.2, 0.25) is 0 Å². The van der Waals surface area contributed by atoms with E-state index in [1.165, 1.54) is 5.56 Å². The number of carbonyl (C=O) groups is 1. The maximum absolute atomic E-state index is 12.5. The minimum atomic E-state index is -3.25. The molecule has 26 heavy (non-hydrogen) atoms. The van der Waals surface area contributed by atoms with E-state index in [9.17, 15) is 13.2 Å². The van der Waals surface area contributed by atoms with Crippen LogP contribution in [0.4, 0.5) is 0 Å². The van der Waals surface area contributed by atoms with Gasteiger partial charge in [-0.05, 0) is 42.9 Å². The number of nitrogens with zero attached hydrogens (tertiary/aromatic N) is 1. The molecule has 1 aliphatic rings. The number of rotatable bonds is 6. The zero-order valence-corrected chi connectivity index (χ0v) is 15.7. The fraction of sp³-hybridized carbons (Fsp3) is 0.381.